The molecule has 5 nitrogen and oxygen atoms in total. The first-order valence-corrected chi connectivity index (χ1v) is 7.24. The predicted octanol–water partition coefficient (Wildman–Crippen LogP) is 1.35. The van der Waals surface area contributed by atoms with Gasteiger partial charge in [-0.05, 0) is 19.8 Å². The molecule has 0 aromatic heterocycles. The topological polar surface area (TPSA) is 58.6 Å². The van der Waals surface area contributed by atoms with Crippen molar-refractivity contribution in [3.8, 4) is 12.3 Å². The van der Waals surface area contributed by atoms with Crippen LogP contribution in [0.3, 0.4) is 0 Å². The maximum atomic E-state index is 12.1. The molecule has 0 aliphatic carbocycles. The van der Waals surface area contributed by atoms with Crippen molar-refractivity contribution in [3.63, 3.8) is 0 Å². The van der Waals surface area contributed by atoms with Gasteiger partial charge in [0.05, 0.1) is 19.7 Å². The Labute approximate surface area is 127 Å². The summed E-state index contributed by atoms with van der Waals surface area (Å²) >= 11 is 0. The largest absolute Gasteiger partial charge is 0.465 e. The van der Waals surface area contributed by atoms with Crippen molar-refractivity contribution in [1.82, 2.24) is 10.2 Å². The van der Waals surface area contributed by atoms with E-state index in [1.54, 1.807) is 17.9 Å². The number of carbonyl (C=O) groups excluding carboxylic acids is 2. The van der Waals surface area contributed by atoms with Crippen molar-refractivity contribution in [3.05, 3.63) is 12.7 Å². The van der Waals surface area contributed by atoms with Crippen LogP contribution in [0.4, 0.5) is 0 Å². The Bertz CT molecular complexity index is 395. The van der Waals surface area contributed by atoms with Crippen LogP contribution in [0.15, 0.2) is 12.7 Å². The number of esters is 1. The fourth-order valence-corrected chi connectivity index (χ4v) is 1.93. The highest BCUT2D eigenvalue weighted by atomic mass is 16.5. The van der Waals surface area contributed by atoms with Gasteiger partial charge in [0.25, 0.3) is 0 Å². The van der Waals surface area contributed by atoms with Gasteiger partial charge in [-0.2, -0.15) is 0 Å². The summed E-state index contributed by atoms with van der Waals surface area (Å²) in [6.07, 6.45) is 8.47. The van der Waals surface area contributed by atoms with Crippen LogP contribution in [-0.2, 0) is 14.3 Å². The van der Waals surface area contributed by atoms with Gasteiger partial charge in [-0.1, -0.05) is 25.8 Å². The molecular formula is C16H26N2O3. The monoisotopic (exact) mass is 294 g/mol. The number of amides is 1. The summed E-state index contributed by atoms with van der Waals surface area (Å²) in [5, 5.41) is 2.87. The van der Waals surface area contributed by atoms with Gasteiger partial charge in [-0.15, -0.1) is 13.0 Å². The Morgan fingerprint density at radius 2 is 1.95 bits per heavy atom. The molecule has 0 aromatic rings. The molecule has 0 rings (SSSR count). The van der Waals surface area contributed by atoms with E-state index in [9.17, 15) is 9.59 Å². The fraction of sp³-hybridized carbons (Fsp3) is 0.625. The van der Waals surface area contributed by atoms with E-state index in [2.05, 4.69) is 17.8 Å². The first kappa shape index (κ1) is 19.2. The van der Waals surface area contributed by atoms with Gasteiger partial charge in [0.1, 0.15) is 5.54 Å². The van der Waals surface area contributed by atoms with Crippen LogP contribution in [0.1, 0.15) is 33.6 Å². The van der Waals surface area contributed by atoms with E-state index in [-0.39, 0.29) is 25.0 Å². The normalized spacial score (nSPS) is 10.8. The summed E-state index contributed by atoms with van der Waals surface area (Å²) < 4.78 is 4.89. The van der Waals surface area contributed by atoms with Gasteiger partial charge >= 0.3 is 5.97 Å². The minimum atomic E-state index is -0.624. The first-order chi connectivity index (χ1) is 9.96. The second kappa shape index (κ2) is 10.0. The third kappa shape index (κ3) is 6.96. The highest BCUT2D eigenvalue weighted by molar-refractivity contribution is 5.80. The molecule has 0 radical (unpaired) electrons. The van der Waals surface area contributed by atoms with E-state index in [0.29, 0.717) is 26.0 Å². The molecule has 0 saturated heterocycles. The summed E-state index contributed by atoms with van der Waals surface area (Å²) in [6, 6.07) is 0. The average molecular weight is 294 g/mol. The lowest BCUT2D eigenvalue weighted by Gasteiger charge is -2.28. The fourth-order valence-electron chi connectivity index (χ4n) is 1.93. The SMILES string of the molecule is C#CC(CC)(CC)NC(=O)CN(CC=C)CC(=O)OCC. The highest BCUT2D eigenvalue weighted by Gasteiger charge is 2.26. The maximum absolute atomic E-state index is 12.1. The van der Waals surface area contributed by atoms with Crippen molar-refractivity contribution in [2.24, 2.45) is 0 Å². The molecule has 1 amide bonds. The second-order valence-corrected chi connectivity index (χ2v) is 4.75. The predicted molar refractivity (Wildman–Crippen MR) is 83.6 cm³/mol. The molecule has 5 heteroatoms. The zero-order chi connectivity index (χ0) is 16.3. The Balaban J connectivity index is 4.64. The van der Waals surface area contributed by atoms with Crippen LogP contribution in [-0.4, -0.2) is 48.6 Å². The van der Waals surface area contributed by atoms with Crippen LogP contribution in [0.2, 0.25) is 0 Å². The van der Waals surface area contributed by atoms with Gasteiger partial charge < -0.3 is 10.1 Å². The Hall–Kier alpha value is -1.80. The van der Waals surface area contributed by atoms with E-state index in [1.165, 1.54) is 0 Å². The minimum absolute atomic E-state index is 0.0502. The molecule has 0 spiro atoms. The molecule has 0 saturated carbocycles. The van der Waals surface area contributed by atoms with Gasteiger partial charge in [0.15, 0.2) is 0 Å². The van der Waals surface area contributed by atoms with Crippen LogP contribution in [0.25, 0.3) is 0 Å². The molecular weight excluding hydrogens is 268 g/mol. The number of terminal acetylenes is 1. The molecule has 0 aliphatic rings. The van der Waals surface area contributed by atoms with Crippen molar-refractivity contribution >= 4 is 11.9 Å². The quantitative estimate of drug-likeness (QED) is 0.375. The van der Waals surface area contributed by atoms with Crippen molar-refractivity contribution < 1.29 is 14.3 Å². The van der Waals surface area contributed by atoms with E-state index in [0.717, 1.165) is 0 Å². The number of nitrogens with one attached hydrogen (secondary N) is 1. The standard InChI is InChI=1S/C16H26N2O3/c1-6-11-18(13-15(20)21-10-5)12-14(19)17-16(7-2,8-3)9-4/h2,6H,1,8-13H2,3-5H3,(H,17,19). The minimum Gasteiger partial charge on any atom is -0.465 e. The lowest BCUT2D eigenvalue weighted by molar-refractivity contribution is -0.144. The third-order valence-electron chi connectivity index (χ3n) is 3.27. The molecule has 0 fully saturated rings. The van der Waals surface area contributed by atoms with Crippen LogP contribution in [0.5, 0.6) is 0 Å². The number of rotatable bonds is 10. The van der Waals surface area contributed by atoms with Crippen LogP contribution < -0.4 is 5.32 Å². The smallest absolute Gasteiger partial charge is 0.320 e. The van der Waals surface area contributed by atoms with Crippen molar-refractivity contribution in [2.45, 2.75) is 39.2 Å². The van der Waals surface area contributed by atoms with Crippen LogP contribution in [0, 0.1) is 12.3 Å². The van der Waals surface area contributed by atoms with Gasteiger partial charge in [-0.25, -0.2) is 0 Å². The molecule has 0 atom stereocenters. The van der Waals surface area contributed by atoms with E-state index in [4.69, 9.17) is 11.2 Å². The number of ether oxygens (including phenoxy) is 1. The Kier molecular flexibility index (Phi) is 9.15. The lowest BCUT2D eigenvalue weighted by Crippen LogP contribution is -2.50. The van der Waals surface area contributed by atoms with Gasteiger partial charge in [0, 0.05) is 6.54 Å². The third-order valence-corrected chi connectivity index (χ3v) is 3.27. The van der Waals surface area contributed by atoms with Gasteiger partial charge in [0.2, 0.25) is 5.91 Å². The highest BCUT2D eigenvalue weighted by Crippen LogP contribution is 2.13. The number of hydrogen-bond acceptors (Lipinski definition) is 4. The summed E-state index contributed by atoms with van der Waals surface area (Å²) in [5.74, 6) is 2.08. The molecule has 0 aliphatic heterocycles. The van der Waals surface area contributed by atoms with E-state index < -0.39 is 5.54 Å². The zero-order valence-electron chi connectivity index (χ0n) is 13.3. The summed E-state index contributed by atoms with van der Waals surface area (Å²) in [6.45, 7) is 10.1. The maximum Gasteiger partial charge on any atom is 0.320 e. The van der Waals surface area contributed by atoms with E-state index >= 15 is 0 Å². The molecule has 0 bridgehead atoms. The lowest BCUT2D eigenvalue weighted by atomic mass is 9.94. The molecule has 0 aromatic carbocycles. The van der Waals surface area contributed by atoms with E-state index in [1.807, 2.05) is 13.8 Å². The Morgan fingerprint density at radius 1 is 1.33 bits per heavy atom. The molecule has 1 N–H and O–H groups in total. The molecule has 0 unspecified atom stereocenters. The van der Waals surface area contributed by atoms with Gasteiger partial charge in [-0.3, -0.25) is 14.5 Å². The second-order valence-electron chi connectivity index (χ2n) is 4.75. The zero-order valence-corrected chi connectivity index (χ0v) is 13.3. The summed E-state index contributed by atoms with van der Waals surface area (Å²) in [5.41, 5.74) is -0.624. The number of nitrogens with zero attached hydrogens (tertiary/aromatic N) is 1. The number of hydrogen-bond donors (Lipinski definition) is 1. The molecule has 21 heavy (non-hydrogen) atoms. The molecule has 0 heterocycles. The Morgan fingerprint density at radius 3 is 2.38 bits per heavy atom. The summed E-state index contributed by atoms with van der Waals surface area (Å²) in [4.78, 5) is 25.3. The van der Waals surface area contributed by atoms with Crippen molar-refractivity contribution in [1.29, 1.82) is 0 Å². The summed E-state index contributed by atoms with van der Waals surface area (Å²) in [7, 11) is 0. The van der Waals surface area contributed by atoms with Crippen molar-refractivity contribution in [2.75, 3.05) is 26.2 Å². The molecule has 118 valence electrons. The number of carbonyl (C=O) groups is 2. The average Bonchev–Trinajstić information content (AvgIpc) is 2.45. The van der Waals surface area contributed by atoms with Crippen LogP contribution >= 0.6 is 0 Å². The first-order valence-electron chi connectivity index (χ1n) is 7.24.